The van der Waals surface area contributed by atoms with Crippen LogP contribution in [0.2, 0.25) is 0 Å². The first-order valence-electron chi connectivity index (χ1n) is 4.84. The molecule has 1 aliphatic heterocycles. The largest absolute Gasteiger partial charge is 0.383 e. The van der Waals surface area contributed by atoms with Crippen molar-refractivity contribution in [3.05, 3.63) is 20.3 Å². The summed E-state index contributed by atoms with van der Waals surface area (Å²) in [5, 5.41) is 0. The van der Waals surface area contributed by atoms with E-state index in [0.29, 0.717) is 6.61 Å². The lowest BCUT2D eigenvalue weighted by Crippen LogP contribution is -2.31. The van der Waals surface area contributed by atoms with Gasteiger partial charge in [0.25, 0.3) is 0 Å². The number of nitrogens with zero attached hydrogens (tertiary/aromatic N) is 2. The van der Waals surface area contributed by atoms with E-state index < -0.39 is 0 Å². The average molecular weight is 321 g/mol. The number of halogens is 1. The summed E-state index contributed by atoms with van der Waals surface area (Å²) in [4.78, 5) is 15.3. The van der Waals surface area contributed by atoms with Gasteiger partial charge in [-0.15, -0.1) is 0 Å². The van der Waals surface area contributed by atoms with Gasteiger partial charge in [-0.3, -0.25) is 4.57 Å². The second-order valence-corrected chi connectivity index (χ2v) is 4.65. The number of aromatic nitrogens is 2. The molecule has 2 N–H and O–H groups in total. The van der Waals surface area contributed by atoms with Gasteiger partial charge in [0, 0.05) is 12.8 Å². The molecule has 6 heteroatoms. The third-order valence-corrected chi connectivity index (χ3v) is 3.23. The van der Waals surface area contributed by atoms with Crippen LogP contribution in [0.5, 0.6) is 0 Å². The molecule has 5 nitrogen and oxygen atoms in total. The lowest BCUT2D eigenvalue weighted by Gasteiger charge is -2.24. The highest BCUT2D eigenvalue weighted by Crippen LogP contribution is 2.21. The molecule has 0 spiro atoms. The second kappa shape index (κ2) is 4.48. The van der Waals surface area contributed by atoms with Gasteiger partial charge in [-0.05, 0) is 41.9 Å². The van der Waals surface area contributed by atoms with Gasteiger partial charge in [0.2, 0.25) is 0 Å². The summed E-state index contributed by atoms with van der Waals surface area (Å²) in [6, 6.07) is 0. The maximum Gasteiger partial charge on any atom is 0.351 e. The van der Waals surface area contributed by atoms with Crippen LogP contribution in [0, 0.1) is 3.57 Å². The van der Waals surface area contributed by atoms with Crippen LogP contribution in [-0.2, 0) is 4.74 Å². The fraction of sp³-hybridized carbons (Fsp3) is 0.556. The van der Waals surface area contributed by atoms with Crippen molar-refractivity contribution in [3.8, 4) is 0 Å². The minimum Gasteiger partial charge on any atom is -0.383 e. The number of anilines is 1. The minimum atomic E-state index is -0.334. The van der Waals surface area contributed by atoms with E-state index in [4.69, 9.17) is 10.5 Å². The van der Waals surface area contributed by atoms with Gasteiger partial charge in [0.1, 0.15) is 12.0 Å². The number of nitrogens with two attached hydrogens (primary N) is 1. The molecule has 1 aromatic heterocycles. The van der Waals surface area contributed by atoms with E-state index in [-0.39, 0.29) is 17.7 Å². The molecule has 1 fully saturated rings. The minimum absolute atomic E-state index is 0.173. The van der Waals surface area contributed by atoms with Gasteiger partial charge in [-0.2, -0.15) is 4.98 Å². The molecule has 1 aromatic rings. The molecule has 82 valence electrons. The molecule has 1 atom stereocenters. The first-order chi connectivity index (χ1) is 7.18. The van der Waals surface area contributed by atoms with Crippen molar-refractivity contribution in [1.29, 1.82) is 0 Å². The average Bonchev–Trinajstić information content (AvgIpc) is 2.25. The Kier molecular flexibility index (Phi) is 3.25. The maximum atomic E-state index is 11.6. The van der Waals surface area contributed by atoms with Crippen molar-refractivity contribution in [2.45, 2.75) is 25.5 Å². The predicted molar refractivity (Wildman–Crippen MR) is 64.5 cm³/mol. The van der Waals surface area contributed by atoms with Crippen LogP contribution in [0.15, 0.2) is 11.0 Å². The topological polar surface area (TPSA) is 70.1 Å². The molecule has 0 aromatic carbocycles. The number of rotatable bonds is 1. The van der Waals surface area contributed by atoms with Crippen LogP contribution in [0.25, 0.3) is 0 Å². The monoisotopic (exact) mass is 321 g/mol. The van der Waals surface area contributed by atoms with Crippen LogP contribution in [-0.4, -0.2) is 16.2 Å². The first kappa shape index (κ1) is 10.9. The van der Waals surface area contributed by atoms with Crippen molar-refractivity contribution in [2.75, 3.05) is 12.3 Å². The molecular formula is C9H12IN3O2. The van der Waals surface area contributed by atoms with E-state index in [1.54, 1.807) is 6.20 Å². The summed E-state index contributed by atoms with van der Waals surface area (Å²) in [7, 11) is 0. The van der Waals surface area contributed by atoms with E-state index in [1.807, 2.05) is 0 Å². The van der Waals surface area contributed by atoms with Crippen LogP contribution >= 0.6 is 22.6 Å². The predicted octanol–water partition coefficient (Wildman–Crippen LogP) is 1.13. The highest BCUT2D eigenvalue weighted by molar-refractivity contribution is 14.1. The van der Waals surface area contributed by atoms with Gasteiger partial charge in [0.15, 0.2) is 0 Å². The summed E-state index contributed by atoms with van der Waals surface area (Å²) >= 11 is 2.06. The Balaban J connectivity index is 2.34. The number of hydrogen-bond acceptors (Lipinski definition) is 4. The molecular weight excluding hydrogens is 309 g/mol. The highest BCUT2D eigenvalue weighted by atomic mass is 127. The summed E-state index contributed by atoms with van der Waals surface area (Å²) in [6.07, 6.45) is 4.54. The summed E-state index contributed by atoms with van der Waals surface area (Å²) in [5.74, 6) is 0.285. The zero-order chi connectivity index (χ0) is 10.8. The first-order valence-corrected chi connectivity index (χ1v) is 5.92. The number of hydrogen-bond donors (Lipinski definition) is 1. The highest BCUT2D eigenvalue weighted by Gasteiger charge is 2.17. The van der Waals surface area contributed by atoms with Crippen LogP contribution in [0.1, 0.15) is 25.5 Å². The normalized spacial score (nSPS) is 21.5. The van der Waals surface area contributed by atoms with Gasteiger partial charge in [-0.25, -0.2) is 4.79 Å². The number of nitrogen functional groups attached to an aromatic ring is 1. The molecule has 1 saturated heterocycles. The third-order valence-electron chi connectivity index (χ3n) is 2.40. The van der Waals surface area contributed by atoms with E-state index in [2.05, 4.69) is 27.6 Å². The van der Waals surface area contributed by atoms with E-state index in [1.165, 1.54) is 4.57 Å². The van der Waals surface area contributed by atoms with Crippen LogP contribution in [0.4, 0.5) is 5.82 Å². The fourth-order valence-corrected chi connectivity index (χ4v) is 2.03. The van der Waals surface area contributed by atoms with Crippen molar-refractivity contribution >= 4 is 28.4 Å². The Morgan fingerprint density at radius 2 is 2.40 bits per heavy atom. The summed E-state index contributed by atoms with van der Waals surface area (Å²) in [6.45, 7) is 0.706. The Bertz CT molecular complexity index is 412. The Hall–Kier alpha value is -0.630. The molecule has 15 heavy (non-hydrogen) atoms. The van der Waals surface area contributed by atoms with Crippen molar-refractivity contribution in [2.24, 2.45) is 0 Å². The lowest BCUT2D eigenvalue weighted by atomic mass is 10.2. The Morgan fingerprint density at radius 1 is 1.60 bits per heavy atom. The quantitative estimate of drug-likeness (QED) is 0.787. The molecule has 1 unspecified atom stereocenters. The summed E-state index contributed by atoms with van der Waals surface area (Å²) in [5.41, 5.74) is 5.21. The Labute approximate surface area is 101 Å². The molecule has 1 aliphatic rings. The second-order valence-electron chi connectivity index (χ2n) is 3.49. The standard InChI is InChI=1S/C9H12IN3O2/c10-6-5-13(9(14)12-8(6)11)7-3-1-2-4-15-7/h5,7H,1-4H2,(H2,11,12,14). The molecule has 0 radical (unpaired) electrons. The zero-order valence-corrected chi connectivity index (χ0v) is 10.3. The Morgan fingerprint density at radius 3 is 3.07 bits per heavy atom. The van der Waals surface area contributed by atoms with Gasteiger partial charge in [0.05, 0.1) is 3.57 Å². The molecule has 0 bridgehead atoms. The smallest absolute Gasteiger partial charge is 0.351 e. The molecule has 2 rings (SSSR count). The van der Waals surface area contributed by atoms with E-state index >= 15 is 0 Å². The van der Waals surface area contributed by atoms with Gasteiger partial charge >= 0.3 is 5.69 Å². The third kappa shape index (κ3) is 2.31. The lowest BCUT2D eigenvalue weighted by molar-refractivity contribution is -0.0349. The van der Waals surface area contributed by atoms with Crippen molar-refractivity contribution in [1.82, 2.24) is 9.55 Å². The maximum absolute atomic E-state index is 11.6. The number of ether oxygens (including phenoxy) is 1. The van der Waals surface area contributed by atoms with E-state index in [0.717, 1.165) is 22.8 Å². The molecule has 0 saturated carbocycles. The van der Waals surface area contributed by atoms with E-state index in [9.17, 15) is 4.79 Å². The van der Waals surface area contributed by atoms with Crippen LogP contribution < -0.4 is 11.4 Å². The SMILES string of the molecule is Nc1nc(=O)n(C2CCCCO2)cc1I. The molecule has 0 amide bonds. The zero-order valence-electron chi connectivity index (χ0n) is 8.15. The fourth-order valence-electron chi connectivity index (χ4n) is 1.61. The molecule has 2 heterocycles. The van der Waals surface area contributed by atoms with Crippen molar-refractivity contribution in [3.63, 3.8) is 0 Å². The van der Waals surface area contributed by atoms with Crippen LogP contribution in [0.3, 0.4) is 0 Å². The molecule has 0 aliphatic carbocycles. The summed E-state index contributed by atoms with van der Waals surface area (Å²) < 4.78 is 7.82. The van der Waals surface area contributed by atoms with Gasteiger partial charge in [-0.1, -0.05) is 0 Å². The van der Waals surface area contributed by atoms with Gasteiger partial charge < -0.3 is 10.5 Å². The van der Waals surface area contributed by atoms with Crippen molar-refractivity contribution < 1.29 is 4.74 Å².